The second-order valence-electron chi connectivity index (χ2n) is 5.88. The van der Waals surface area contributed by atoms with Crippen molar-refractivity contribution in [1.82, 2.24) is 9.80 Å². The quantitative estimate of drug-likeness (QED) is 0.651. The predicted molar refractivity (Wildman–Crippen MR) is 86.0 cm³/mol. The smallest absolute Gasteiger partial charge is 0.123 e. The van der Waals surface area contributed by atoms with Gasteiger partial charge in [0, 0.05) is 36.8 Å². The number of nitrogen functional groups attached to an aromatic ring is 1. The standard InChI is InChI=1S/C16H26N4O/c1-12-10-19(2)7-4-8-20(12)11-14-9-13(16(17)18)5-6-15(14)21-3/h5-6,9,12H,4,7-8,10-11H2,1-3H3,(H3,17,18). The molecule has 1 atom stereocenters. The van der Waals surface area contributed by atoms with Crippen LogP contribution in [0.1, 0.15) is 24.5 Å². The summed E-state index contributed by atoms with van der Waals surface area (Å²) >= 11 is 0. The summed E-state index contributed by atoms with van der Waals surface area (Å²) in [5, 5.41) is 7.60. The van der Waals surface area contributed by atoms with Gasteiger partial charge in [-0.3, -0.25) is 10.3 Å². The molecule has 1 heterocycles. The van der Waals surface area contributed by atoms with Crippen LogP contribution in [0.2, 0.25) is 0 Å². The second-order valence-corrected chi connectivity index (χ2v) is 5.88. The number of nitrogens with two attached hydrogens (primary N) is 1. The minimum atomic E-state index is 0.0996. The van der Waals surface area contributed by atoms with Crippen LogP contribution >= 0.6 is 0 Å². The van der Waals surface area contributed by atoms with E-state index in [0.29, 0.717) is 6.04 Å². The normalized spacial score (nSPS) is 21.0. The summed E-state index contributed by atoms with van der Waals surface area (Å²) in [6, 6.07) is 6.22. The molecular formula is C16H26N4O. The highest BCUT2D eigenvalue weighted by molar-refractivity contribution is 5.95. The van der Waals surface area contributed by atoms with E-state index in [0.717, 1.165) is 43.1 Å². The van der Waals surface area contributed by atoms with Gasteiger partial charge in [0.25, 0.3) is 0 Å². The third kappa shape index (κ3) is 3.95. The van der Waals surface area contributed by atoms with Gasteiger partial charge in [0.15, 0.2) is 0 Å². The Kier molecular flexibility index (Phi) is 5.20. The van der Waals surface area contributed by atoms with E-state index in [1.165, 1.54) is 6.42 Å². The summed E-state index contributed by atoms with van der Waals surface area (Å²) in [4.78, 5) is 4.86. The zero-order valence-electron chi connectivity index (χ0n) is 13.2. The van der Waals surface area contributed by atoms with Crippen molar-refractivity contribution in [3.63, 3.8) is 0 Å². The molecular weight excluding hydrogens is 264 g/mol. The van der Waals surface area contributed by atoms with E-state index in [1.807, 2.05) is 18.2 Å². The number of hydrogen-bond acceptors (Lipinski definition) is 4. The predicted octanol–water partition coefficient (Wildman–Crippen LogP) is 1.51. The van der Waals surface area contributed by atoms with E-state index in [1.54, 1.807) is 7.11 Å². The highest BCUT2D eigenvalue weighted by atomic mass is 16.5. The third-order valence-corrected chi connectivity index (χ3v) is 4.15. The number of hydrogen-bond donors (Lipinski definition) is 2. The van der Waals surface area contributed by atoms with Crippen LogP contribution in [0, 0.1) is 5.41 Å². The van der Waals surface area contributed by atoms with Crippen molar-refractivity contribution < 1.29 is 4.74 Å². The van der Waals surface area contributed by atoms with Gasteiger partial charge < -0.3 is 15.4 Å². The molecule has 1 aromatic carbocycles. The Morgan fingerprint density at radius 3 is 2.86 bits per heavy atom. The van der Waals surface area contributed by atoms with Gasteiger partial charge in [-0.1, -0.05) is 0 Å². The lowest BCUT2D eigenvalue weighted by Gasteiger charge is -2.28. The van der Waals surface area contributed by atoms with Gasteiger partial charge in [0.05, 0.1) is 7.11 Å². The van der Waals surface area contributed by atoms with Crippen LogP contribution in [0.15, 0.2) is 18.2 Å². The SMILES string of the molecule is COc1ccc(C(=N)N)cc1CN1CCCN(C)CC1C. The van der Waals surface area contributed by atoms with Crippen molar-refractivity contribution in [2.24, 2.45) is 5.73 Å². The lowest BCUT2D eigenvalue weighted by atomic mass is 10.1. The van der Waals surface area contributed by atoms with Gasteiger partial charge in [-0.25, -0.2) is 0 Å². The lowest BCUT2D eigenvalue weighted by Crippen LogP contribution is -2.37. The highest BCUT2D eigenvalue weighted by Gasteiger charge is 2.21. The maximum absolute atomic E-state index is 7.60. The molecule has 1 unspecified atom stereocenters. The fourth-order valence-corrected chi connectivity index (χ4v) is 2.95. The fourth-order valence-electron chi connectivity index (χ4n) is 2.95. The Labute approximate surface area is 127 Å². The van der Waals surface area contributed by atoms with E-state index < -0.39 is 0 Å². The zero-order valence-corrected chi connectivity index (χ0v) is 13.2. The molecule has 1 fully saturated rings. The monoisotopic (exact) mass is 290 g/mol. The van der Waals surface area contributed by atoms with Gasteiger partial charge in [0.2, 0.25) is 0 Å². The van der Waals surface area contributed by atoms with E-state index >= 15 is 0 Å². The Morgan fingerprint density at radius 1 is 1.43 bits per heavy atom. The summed E-state index contributed by atoms with van der Waals surface area (Å²) < 4.78 is 5.46. The first kappa shape index (κ1) is 15.8. The molecule has 5 heteroatoms. The van der Waals surface area contributed by atoms with E-state index in [-0.39, 0.29) is 5.84 Å². The topological polar surface area (TPSA) is 65.6 Å². The molecule has 0 bridgehead atoms. The van der Waals surface area contributed by atoms with Crippen LogP contribution < -0.4 is 10.5 Å². The maximum Gasteiger partial charge on any atom is 0.123 e. The number of likely N-dealkylation sites (N-methyl/N-ethyl adjacent to an activating group) is 1. The number of rotatable bonds is 4. The molecule has 0 aromatic heterocycles. The second kappa shape index (κ2) is 6.91. The zero-order chi connectivity index (χ0) is 15.4. The van der Waals surface area contributed by atoms with E-state index in [2.05, 4.69) is 23.8 Å². The van der Waals surface area contributed by atoms with Crippen LogP contribution in [-0.2, 0) is 6.54 Å². The third-order valence-electron chi connectivity index (χ3n) is 4.15. The average molecular weight is 290 g/mol. The molecule has 5 nitrogen and oxygen atoms in total. The lowest BCUT2D eigenvalue weighted by molar-refractivity contribution is 0.192. The molecule has 3 N–H and O–H groups in total. The van der Waals surface area contributed by atoms with Crippen molar-refractivity contribution in [3.8, 4) is 5.75 Å². The van der Waals surface area contributed by atoms with Crippen LogP contribution in [0.25, 0.3) is 0 Å². The van der Waals surface area contributed by atoms with E-state index in [4.69, 9.17) is 15.9 Å². The number of amidine groups is 1. The molecule has 21 heavy (non-hydrogen) atoms. The molecule has 0 aliphatic carbocycles. The van der Waals surface area contributed by atoms with Crippen molar-refractivity contribution in [1.29, 1.82) is 5.41 Å². The fraction of sp³-hybridized carbons (Fsp3) is 0.562. The Hall–Kier alpha value is -1.59. The molecule has 0 radical (unpaired) electrons. The number of nitrogens with one attached hydrogen (secondary N) is 1. The van der Waals surface area contributed by atoms with Crippen molar-refractivity contribution >= 4 is 5.84 Å². The molecule has 1 saturated heterocycles. The van der Waals surface area contributed by atoms with Gasteiger partial charge >= 0.3 is 0 Å². The summed E-state index contributed by atoms with van der Waals surface area (Å²) in [5.41, 5.74) is 7.45. The van der Waals surface area contributed by atoms with Gasteiger partial charge in [-0.05, 0) is 45.1 Å². The molecule has 0 saturated carbocycles. The summed E-state index contributed by atoms with van der Waals surface area (Å²) in [7, 11) is 3.86. The highest BCUT2D eigenvalue weighted by Crippen LogP contribution is 2.23. The molecule has 2 rings (SSSR count). The Bertz CT molecular complexity index is 503. The molecule has 0 spiro atoms. The summed E-state index contributed by atoms with van der Waals surface area (Å²) in [5.74, 6) is 0.965. The summed E-state index contributed by atoms with van der Waals surface area (Å²) in [6.45, 7) is 6.40. The van der Waals surface area contributed by atoms with Crippen LogP contribution in [0.4, 0.5) is 0 Å². The first-order valence-corrected chi connectivity index (χ1v) is 7.45. The van der Waals surface area contributed by atoms with Crippen LogP contribution in [0.3, 0.4) is 0 Å². The summed E-state index contributed by atoms with van der Waals surface area (Å²) in [6.07, 6.45) is 1.18. The van der Waals surface area contributed by atoms with E-state index in [9.17, 15) is 0 Å². The number of methoxy groups -OCH3 is 1. The average Bonchev–Trinajstić information content (AvgIpc) is 2.60. The van der Waals surface area contributed by atoms with Gasteiger partial charge in [-0.2, -0.15) is 0 Å². The molecule has 116 valence electrons. The number of nitrogens with zero attached hydrogens (tertiary/aromatic N) is 2. The van der Waals surface area contributed by atoms with Crippen molar-refractivity contribution in [2.45, 2.75) is 25.9 Å². The van der Waals surface area contributed by atoms with Gasteiger partial charge in [-0.15, -0.1) is 0 Å². The molecule has 1 aliphatic heterocycles. The largest absolute Gasteiger partial charge is 0.496 e. The van der Waals surface area contributed by atoms with Crippen molar-refractivity contribution in [2.75, 3.05) is 33.8 Å². The van der Waals surface area contributed by atoms with Crippen LogP contribution in [-0.4, -0.2) is 55.5 Å². The minimum absolute atomic E-state index is 0.0996. The van der Waals surface area contributed by atoms with Crippen molar-refractivity contribution in [3.05, 3.63) is 29.3 Å². The van der Waals surface area contributed by atoms with Crippen LogP contribution in [0.5, 0.6) is 5.75 Å². The maximum atomic E-state index is 7.60. The molecule has 0 amide bonds. The number of benzene rings is 1. The first-order chi connectivity index (χ1) is 10.0. The first-order valence-electron chi connectivity index (χ1n) is 7.45. The number of ether oxygens (including phenoxy) is 1. The Balaban J connectivity index is 2.20. The molecule has 1 aliphatic rings. The molecule has 1 aromatic rings. The minimum Gasteiger partial charge on any atom is -0.496 e. The Morgan fingerprint density at radius 2 is 2.19 bits per heavy atom. The van der Waals surface area contributed by atoms with Gasteiger partial charge in [0.1, 0.15) is 11.6 Å².